The van der Waals surface area contributed by atoms with E-state index in [1.807, 2.05) is 36.4 Å². The van der Waals surface area contributed by atoms with E-state index in [-0.39, 0.29) is 6.42 Å². The van der Waals surface area contributed by atoms with E-state index >= 15 is 0 Å². The minimum absolute atomic E-state index is 0.0411. The average Bonchev–Trinajstić information content (AvgIpc) is 2.48. The number of ether oxygens (including phenoxy) is 1. The first-order valence-electron chi connectivity index (χ1n) is 6.75. The first kappa shape index (κ1) is 15.4. The Balaban J connectivity index is 2.09. The van der Waals surface area contributed by atoms with Crippen LogP contribution in [0, 0.1) is 0 Å². The van der Waals surface area contributed by atoms with Crippen molar-refractivity contribution in [3.8, 4) is 5.75 Å². The van der Waals surface area contributed by atoms with E-state index < -0.39 is 5.97 Å². The highest BCUT2D eigenvalue weighted by atomic mass is 32.2. The normalized spacial score (nSPS) is 10.3. The van der Waals surface area contributed by atoms with Crippen LogP contribution in [0.25, 0.3) is 0 Å². The van der Waals surface area contributed by atoms with Crippen LogP contribution in [0.15, 0.2) is 52.5 Å². The van der Waals surface area contributed by atoms with E-state index in [9.17, 15) is 4.79 Å². The predicted molar refractivity (Wildman–Crippen MR) is 81.9 cm³/mol. The Kier molecular flexibility index (Phi) is 5.63. The van der Waals surface area contributed by atoms with E-state index in [4.69, 9.17) is 9.84 Å². The summed E-state index contributed by atoms with van der Waals surface area (Å²) < 4.78 is 5.67. The zero-order chi connectivity index (χ0) is 15.1. The predicted octanol–water partition coefficient (Wildman–Crippen LogP) is 3.65. The molecule has 0 atom stereocenters. The van der Waals surface area contributed by atoms with Crippen LogP contribution in [0.5, 0.6) is 5.75 Å². The fourth-order valence-electron chi connectivity index (χ4n) is 1.74. The number of carboxylic acid groups (broad SMARTS) is 1. The summed E-state index contributed by atoms with van der Waals surface area (Å²) in [6, 6.07) is 11.2. The van der Waals surface area contributed by atoms with Gasteiger partial charge in [-0.05, 0) is 36.2 Å². The molecule has 0 unspecified atom stereocenters. The zero-order valence-electron chi connectivity index (χ0n) is 11.8. The molecule has 0 bridgehead atoms. The molecular formula is C16H17NO3S. The summed E-state index contributed by atoms with van der Waals surface area (Å²) >= 11 is 1.51. The molecule has 4 nitrogen and oxygen atoms in total. The van der Waals surface area contributed by atoms with Gasteiger partial charge in [0, 0.05) is 11.1 Å². The van der Waals surface area contributed by atoms with Crippen molar-refractivity contribution in [2.45, 2.75) is 29.7 Å². The van der Waals surface area contributed by atoms with E-state index in [0.29, 0.717) is 6.61 Å². The standard InChI is InChI=1S/C16H17NO3S/c1-2-10-20-14-4-3-9-17-16(14)21-13-7-5-12(6-8-13)11-15(18)19/h3-9H,2,10-11H2,1H3,(H,18,19). The van der Waals surface area contributed by atoms with Gasteiger partial charge in [0.1, 0.15) is 5.03 Å². The van der Waals surface area contributed by atoms with Crippen LogP contribution in [0.2, 0.25) is 0 Å². The van der Waals surface area contributed by atoms with E-state index in [1.54, 1.807) is 6.20 Å². The van der Waals surface area contributed by atoms with Gasteiger partial charge in [0.15, 0.2) is 5.75 Å². The summed E-state index contributed by atoms with van der Waals surface area (Å²) in [5.74, 6) is -0.0469. The summed E-state index contributed by atoms with van der Waals surface area (Å²) in [5, 5.41) is 9.58. The highest BCUT2D eigenvalue weighted by molar-refractivity contribution is 7.99. The summed E-state index contributed by atoms with van der Waals surface area (Å²) in [5.41, 5.74) is 0.787. The fraction of sp³-hybridized carbons (Fsp3) is 0.250. The Labute approximate surface area is 128 Å². The van der Waals surface area contributed by atoms with Crippen molar-refractivity contribution in [2.24, 2.45) is 0 Å². The molecule has 0 aliphatic carbocycles. The summed E-state index contributed by atoms with van der Waals surface area (Å²) in [6.07, 6.45) is 2.72. The Morgan fingerprint density at radius 1 is 1.29 bits per heavy atom. The molecule has 0 radical (unpaired) electrons. The van der Waals surface area contributed by atoms with Gasteiger partial charge < -0.3 is 9.84 Å². The number of carbonyl (C=O) groups is 1. The number of pyridine rings is 1. The Hall–Kier alpha value is -2.01. The van der Waals surface area contributed by atoms with Crippen LogP contribution < -0.4 is 4.74 Å². The van der Waals surface area contributed by atoms with E-state index in [0.717, 1.165) is 27.7 Å². The molecule has 0 fully saturated rings. The zero-order valence-corrected chi connectivity index (χ0v) is 12.6. The number of hydrogen-bond acceptors (Lipinski definition) is 4. The van der Waals surface area contributed by atoms with Crippen LogP contribution in [0.3, 0.4) is 0 Å². The number of nitrogens with zero attached hydrogens (tertiary/aromatic N) is 1. The van der Waals surface area contributed by atoms with Crippen molar-refractivity contribution >= 4 is 17.7 Å². The van der Waals surface area contributed by atoms with Crippen molar-refractivity contribution in [3.05, 3.63) is 48.2 Å². The van der Waals surface area contributed by atoms with E-state index in [1.165, 1.54) is 11.8 Å². The van der Waals surface area contributed by atoms with Gasteiger partial charge in [0.2, 0.25) is 0 Å². The van der Waals surface area contributed by atoms with Crippen molar-refractivity contribution in [2.75, 3.05) is 6.61 Å². The Morgan fingerprint density at radius 2 is 2.05 bits per heavy atom. The smallest absolute Gasteiger partial charge is 0.307 e. The first-order chi connectivity index (χ1) is 10.2. The molecule has 1 heterocycles. The molecule has 0 spiro atoms. The lowest BCUT2D eigenvalue weighted by atomic mass is 10.2. The van der Waals surface area contributed by atoms with Crippen molar-refractivity contribution in [3.63, 3.8) is 0 Å². The van der Waals surface area contributed by atoms with Gasteiger partial charge in [-0.3, -0.25) is 4.79 Å². The second-order valence-corrected chi connectivity index (χ2v) is 5.53. The van der Waals surface area contributed by atoms with Crippen molar-refractivity contribution < 1.29 is 14.6 Å². The second-order valence-electron chi connectivity index (χ2n) is 4.47. The molecule has 0 aliphatic rings. The van der Waals surface area contributed by atoms with Crippen LogP contribution in [0.1, 0.15) is 18.9 Å². The minimum Gasteiger partial charge on any atom is -0.491 e. The molecule has 0 saturated carbocycles. The lowest BCUT2D eigenvalue weighted by Crippen LogP contribution is -1.99. The third-order valence-electron chi connectivity index (χ3n) is 2.69. The molecule has 2 aromatic rings. The maximum atomic E-state index is 10.7. The highest BCUT2D eigenvalue weighted by Crippen LogP contribution is 2.33. The van der Waals surface area contributed by atoms with Gasteiger partial charge in [0.25, 0.3) is 0 Å². The number of aliphatic carboxylic acids is 1. The van der Waals surface area contributed by atoms with Gasteiger partial charge in [-0.2, -0.15) is 0 Å². The van der Waals surface area contributed by atoms with Gasteiger partial charge in [0.05, 0.1) is 13.0 Å². The summed E-state index contributed by atoms with van der Waals surface area (Å²) in [4.78, 5) is 16.0. The molecule has 1 aromatic heterocycles. The molecular weight excluding hydrogens is 286 g/mol. The Morgan fingerprint density at radius 3 is 2.71 bits per heavy atom. The minimum atomic E-state index is -0.824. The molecule has 21 heavy (non-hydrogen) atoms. The van der Waals surface area contributed by atoms with Gasteiger partial charge in [-0.25, -0.2) is 4.98 Å². The third kappa shape index (κ3) is 4.79. The monoisotopic (exact) mass is 303 g/mol. The van der Waals surface area contributed by atoms with Gasteiger partial charge in [-0.1, -0.05) is 30.8 Å². The summed E-state index contributed by atoms with van der Waals surface area (Å²) in [7, 11) is 0. The topological polar surface area (TPSA) is 59.4 Å². The van der Waals surface area contributed by atoms with Crippen LogP contribution in [-0.4, -0.2) is 22.7 Å². The van der Waals surface area contributed by atoms with Gasteiger partial charge in [-0.15, -0.1) is 0 Å². The lowest BCUT2D eigenvalue weighted by Gasteiger charge is -2.09. The van der Waals surface area contributed by atoms with Crippen LogP contribution in [-0.2, 0) is 11.2 Å². The molecule has 1 N–H and O–H groups in total. The number of hydrogen-bond donors (Lipinski definition) is 1. The summed E-state index contributed by atoms with van der Waals surface area (Å²) in [6.45, 7) is 2.72. The maximum Gasteiger partial charge on any atom is 0.307 e. The number of benzene rings is 1. The van der Waals surface area contributed by atoms with Gasteiger partial charge >= 0.3 is 5.97 Å². The molecule has 0 amide bonds. The van der Waals surface area contributed by atoms with Crippen LogP contribution >= 0.6 is 11.8 Å². The molecule has 0 saturated heterocycles. The second kappa shape index (κ2) is 7.69. The third-order valence-corrected chi connectivity index (χ3v) is 3.70. The maximum absolute atomic E-state index is 10.7. The quantitative estimate of drug-likeness (QED) is 0.846. The molecule has 5 heteroatoms. The van der Waals surface area contributed by atoms with E-state index in [2.05, 4.69) is 11.9 Å². The van der Waals surface area contributed by atoms with Crippen molar-refractivity contribution in [1.29, 1.82) is 0 Å². The largest absolute Gasteiger partial charge is 0.491 e. The molecule has 0 aliphatic heterocycles. The number of carboxylic acids is 1. The SMILES string of the molecule is CCCOc1cccnc1Sc1ccc(CC(=O)O)cc1. The number of rotatable bonds is 7. The van der Waals surface area contributed by atoms with Crippen molar-refractivity contribution in [1.82, 2.24) is 4.98 Å². The molecule has 2 rings (SSSR count). The first-order valence-corrected chi connectivity index (χ1v) is 7.57. The molecule has 110 valence electrons. The average molecular weight is 303 g/mol. The Bertz CT molecular complexity index is 599. The van der Waals surface area contributed by atoms with Crippen LogP contribution in [0.4, 0.5) is 0 Å². The highest BCUT2D eigenvalue weighted by Gasteiger charge is 2.07. The fourth-order valence-corrected chi connectivity index (χ4v) is 2.57. The number of aromatic nitrogens is 1. The molecule has 1 aromatic carbocycles. The lowest BCUT2D eigenvalue weighted by molar-refractivity contribution is -0.136.